The van der Waals surface area contributed by atoms with Gasteiger partial charge in [0, 0.05) is 16.4 Å². The summed E-state index contributed by atoms with van der Waals surface area (Å²) in [6, 6.07) is 8.44. The summed E-state index contributed by atoms with van der Waals surface area (Å²) in [4.78, 5) is 12.0. The van der Waals surface area contributed by atoms with E-state index >= 15 is 0 Å². The highest BCUT2D eigenvalue weighted by molar-refractivity contribution is 6.35. The molecule has 116 valence electrons. The van der Waals surface area contributed by atoms with E-state index in [4.69, 9.17) is 33.7 Å². The lowest BCUT2D eigenvalue weighted by Crippen LogP contribution is -2.21. The number of nitrogen functional groups attached to an aromatic ring is 1. The van der Waals surface area contributed by atoms with Crippen LogP contribution in [0.3, 0.4) is 0 Å². The minimum Gasteiger partial charge on any atom is -0.482 e. The van der Waals surface area contributed by atoms with Crippen molar-refractivity contribution in [3.05, 3.63) is 51.5 Å². The number of carbonyl (C=O) groups excluding carboxylic acids is 1. The third-order valence-electron chi connectivity index (χ3n) is 3.07. The summed E-state index contributed by atoms with van der Waals surface area (Å²) in [5, 5.41) is 3.69. The molecule has 2 rings (SSSR count). The summed E-state index contributed by atoms with van der Waals surface area (Å²) in [6.07, 6.45) is 0. The van der Waals surface area contributed by atoms with E-state index in [2.05, 4.69) is 5.32 Å². The quantitative estimate of drug-likeness (QED) is 0.820. The smallest absolute Gasteiger partial charge is 0.262 e. The van der Waals surface area contributed by atoms with Crippen LogP contribution in [-0.2, 0) is 4.79 Å². The number of amides is 1. The van der Waals surface area contributed by atoms with Gasteiger partial charge in [0.2, 0.25) is 0 Å². The van der Waals surface area contributed by atoms with Crippen molar-refractivity contribution in [3.63, 3.8) is 0 Å². The predicted molar refractivity (Wildman–Crippen MR) is 90.9 cm³/mol. The number of anilines is 2. The monoisotopic (exact) mass is 338 g/mol. The molecule has 3 N–H and O–H groups in total. The Morgan fingerprint density at radius 2 is 1.82 bits per heavy atom. The third-order valence-corrected chi connectivity index (χ3v) is 3.60. The number of nitrogens with two attached hydrogens (primary N) is 1. The van der Waals surface area contributed by atoms with Crippen LogP contribution in [-0.4, -0.2) is 12.5 Å². The third kappa shape index (κ3) is 4.06. The average molecular weight is 339 g/mol. The molecule has 0 radical (unpaired) electrons. The Morgan fingerprint density at radius 1 is 1.18 bits per heavy atom. The number of aryl methyl sites for hydroxylation is 2. The van der Waals surface area contributed by atoms with Crippen LogP contribution in [0.5, 0.6) is 5.75 Å². The zero-order valence-corrected chi connectivity index (χ0v) is 13.8. The summed E-state index contributed by atoms with van der Waals surface area (Å²) in [7, 11) is 0. The Balaban J connectivity index is 2.02. The zero-order valence-electron chi connectivity index (χ0n) is 12.2. The van der Waals surface area contributed by atoms with Gasteiger partial charge in [0.05, 0.1) is 5.02 Å². The van der Waals surface area contributed by atoms with Gasteiger partial charge in [-0.1, -0.05) is 23.2 Å². The lowest BCUT2D eigenvalue weighted by molar-refractivity contribution is -0.118. The first-order valence-corrected chi connectivity index (χ1v) is 7.37. The van der Waals surface area contributed by atoms with Crippen molar-refractivity contribution in [2.75, 3.05) is 17.7 Å². The summed E-state index contributed by atoms with van der Waals surface area (Å²) in [6.45, 7) is 3.62. The van der Waals surface area contributed by atoms with E-state index in [0.717, 1.165) is 16.8 Å². The Labute approximate surface area is 139 Å². The molecule has 0 saturated carbocycles. The number of carbonyl (C=O) groups is 1. The average Bonchev–Trinajstić information content (AvgIpc) is 2.42. The van der Waals surface area contributed by atoms with Crippen LogP contribution in [0.25, 0.3) is 0 Å². The second kappa shape index (κ2) is 6.90. The number of ether oxygens (including phenoxy) is 1. The van der Waals surface area contributed by atoms with Crippen LogP contribution in [0.4, 0.5) is 11.4 Å². The van der Waals surface area contributed by atoms with E-state index < -0.39 is 0 Å². The fourth-order valence-electron chi connectivity index (χ4n) is 2.11. The van der Waals surface area contributed by atoms with Crippen LogP contribution in [0.2, 0.25) is 10.0 Å². The van der Waals surface area contributed by atoms with E-state index in [0.29, 0.717) is 21.5 Å². The molecule has 0 aliphatic rings. The lowest BCUT2D eigenvalue weighted by Gasteiger charge is -2.13. The number of halogens is 2. The van der Waals surface area contributed by atoms with Crippen LogP contribution >= 0.6 is 23.2 Å². The molecular weight excluding hydrogens is 323 g/mol. The molecule has 1 amide bonds. The van der Waals surface area contributed by atoms with Gasteiger partial charge in [0.15, 0.2) is 6.61 Å². The van der Waals surface area contributed by atoms with E-state index in [1.54, 1.807) is 30.3 Å². The van der Waals surface area contributed by atoms with Crippen LogP contribution in [0.1, 0.15) is 11.1 Å². The van der Waals surface area contributed by atoms with Gasteiger partial charge >= 0.3 is 0 Å². The van der Waals surface area contributed by atoms with E-state index in [-0.39, 0.29) is 12.5 Å². The first-order valence-electron chi connectivity index (χ1n) is 6.61. The molecule has 4 nitrogen and oxygen atoms in total. The highest BCUT2D eigenvalue weighted by Crippen LogP contribution is 2.27. The molecule has 0 aromatic heterocycles. The van der Waals surface area contributed by atoms with Crippen molar-refractivity contribution in [1.29, 1.82) is 0 Å². The van der Waals surface area contributed by atoms with Crippen molar-refractivity contribution >= 4 is 40.5 Å². The maximum absolute atomic E-state index is 12.0. The van der Waals surface area contributed by atoms with Crippen molar-refractivity contribution in [2.45, 2.75) is 13.8 Å². The Morgan fingerprint density at radius 3 is 2.41 bits per heavy atom. The van der Waals surface area contributed by atoms with E-state index in [9.17, 15) is 4.79 Å². The molecule has 2 aromatic carbocycles. The second-order valence-corrected chi connectivity index (χ2v) is 5.78. The summed E-state index contributed by atoms with van der Waals surface area (Å²) in [5.41, 5.74) is 8.96. The second-order valence-electron chi connectivity index (χ2n) is 4.94. The summed E-state index contributed by atoms with van der Waals surface area (Å²) >= 11 is 11.8. The topological polar surface area (TPSA) is 64.3 Å². The van der Waals surface area contributed by atoms with Crippen LogP contribution in [0, 0.1) is 13.8 Å². The maximum Gasteiger partial charge on any atom is 0.262 e. The van der Waals surface area contributed by atoms with Gasteiger partial charge in [-0.2, -0.15) is 0 Å². The Bertz CT molecular complexity index is 694. The Hall–Kier alpha value is -1.91. The molecule has 2 aromatic rings. The summed E-state index contributed by atoms with van der Waals surface area (Å²) in [5.74, 6) is 0.133. The number of nitrogens with one attached hydrogen (secondary N) is 1. The molecule has 0 aliphatic heterocycles. The van der Waals surface area contributed by atoms with Crippen LogP contribution < -0.4 is 15.8 Å². The number of hydrogen-bond acceptors (Lipinski definition) is 3. The standard InChI is InChI=1S/C16H16Cl2N2O2/c1-9-5-12(19)6-10(2)16(9)20-15(21)8-22-14-4-3-11(17)7-13(14)18/h3-7H,8,19H2,1-2H3,(H,20,21). The van der Waals surface area contributed by atoms with Gasteiger partial charge in [-0.05, 0) is 55.3 Å². The molecule has 0 bridgehead atoms. The Kier molecular flexibility index (Phi) is 5.16. The van der Waals surface area contributed by atoms with Crippen molar-refractivity contribution < 1.29 is 9.53 Å². The number of rotatable bonds is 4. The molecule has 6 heteroatoms. The molecular formula is C16H16Cl2N2O2. The fourth-order valence-corrected chi connectivity index (χ4v) is 2.57. The van der Waals surface area contributed by atoms with E-state index in [1.807, 2.05) is 13.8 Å². The molecule has 0 fully saturated rings. The van der Waals surface area contributed by atoms with Gasteiger partial charge in [-0.15, -0.1) is 0 Å². The molecule has 0 atom stereocenters. The van der Waals surface area contributed by atoms with Crippen molar-refractivity contribution in [3.8, 4) is 5.75 Å². The molecule has 0 unspecified atom stereocenters. The van der Waals surface area contributed by atoms with Crippen molar-refractivity contribution in [2.24, 2.45) is 0 Å². The normalized spacial score (nSPS) is 10.4. The lowest BCUT2D eigenvalue weighted by atomic mass is 10.1. The highest BCUT2D eigenvalue weighted by Gasteiger charge is 2.10. The van der Waals surface area contributed by atoms with Crippen LogP contribution in [0.15, 0.2) is 30.3 Å². The van der Waals surface area contributed by atoms with Gasteiger partial charge in [0.1, 0.15) is 5.75 Å². The molecule has 0 heterocycles. The van der Waals surface area contributed by atoms with Gasteiger partial charge < -0.3 is 15.8 Å². The molecule has 0 spiro atoms. The summed E-state index contributed by atoms with van der Waals surface area (Å²) < 4.78 is 5.40. The SMILES string of the molecule is Cc1cc(N)cc(C)c1NC(=O)COc1ccc(Cl)cc1Cl. The van der Waals surface area contributed by atoms with Gasteiger partial charge in [-0.3, -0.25) is 4.79 Å². The number of benzene rings is 2. The first kappa shape index (κ1) is 16.5. The van der Waals surface area contributed by atoms with E-state index in [1.165, 1.54) is 0 Å². The molecule has 22 heavy (non-hydrogen) atoms. The minimum absolute atomic E-state index is 0.148. The van der Waals surface area contributed by atoms with Gasteiger partial charge in [0.25, 0.3) is 5.91 Å². The largest absolute Gasteiger partial charge is 0.482 e. The number of hydrogen-bond donors (Lipinski definition) is 2. The fraction of sp³-hybridized carbons (Fsp3) is 0.188. The zero-order chi connectivity index (χ0) is 16.3. The first-order chi connectivity index (χ1) is 10.4. The molecule has 0 saturated heterocycles. The predicted octanol–water partition coefficient (Wildman–Crippen LogP) is 4.21. The maximum atomic E-state index is 12.0. The van der Waals surface area contributed by atoms with Gasteiger partial charge in [-0.25, -0.2) is 0 Å². The minimum atomic E-state index is -0.276. The molecule has 0 aliphatic carbocycles. The highest BCUT2D eigenvalue weighted by atomic mass is 35.5. The van der Waals surface area contributed by atoms with Crippen molar-refractivity contribution in [1.82, 2.24) is 0 Å².